The van der Waals surface area contributed by atoms with Crippen molar-refractivity contribution in [3.63, 3.8) is 0 Å². The van der Waals surface area contributed by atoms with E-state index in [4.69, 9.17) is 10.5 Å². The fraction of sp³-hybridized carbons (Fsp3) is 0.929. The van der Waals surface area contributed by atoms with Crippen LogP contribution in [0, 0.1) is 16.7 Å². The molecular formula is C14H28N2O2. The zero-order valence-corrected chi connectivity index (χ0v) is 12.2. The van der Waals surface area contributed by atoms with Gasteiger partial charge in [-0.1, -0.05) is 27.7 Å². The molecule has 0 aromatic heterocycles. The molecular weight excluding hydrogens is 228 g/mol. The Labute approximate surface area is 111 Å². The van der Waals surface area contributed by atoms with E-state index >= 15 is 0 Å². The monoisotopic (exact) mass is 256 g/mol. The number of rotatable bonds is 4. The van der Waals surface area contributed by atoms with Gasteiger partial charge in [-0.25, -0.2) is 4.79 Å². The summed E-state index contributed by atoms with van der Waals surface area (Å²) in [7, 11) is 0. The van der Waals surface area contributed by atoms with E-state index in [1.807, 2.05) is 0 Å². The van der Waals surface area contributed by atoms with E-state index in [0.29, 0.717) is 24.4 Å². The fourth-order valence-electron chi connectivity index (χ4n) is 3.78. The van der Waals surface area contributed by atoms with Crippen LogP contribution in [0.25, 0.3) is 0 Å². The van der Waals surface area contributed by atoms with Gasteiger partial charge >= 0.3 is 6.09 Å². The van der Waals surface area contributed by atoms with Crippen molar-refractivity contribution in [3.05, 3.63) is 0 Å². The number of alkyl carbamates (subject to hydrolysis) is 1. The molecule has 106 valence electrons. The molecule has 0 aromatic rings. The maximum atomic E-state index is 11.4. The van der Waals surface area contributed by atoms with Crippen LogP contribution in [0.15, 0.2) is 0 Å². The summed E-state index contributed by atoms with van der Waals surface area (Å²) in [5.74, 6) is 0.709. The third-order valence-corrected chi connectivity index (χ3v) is 3.66. The zero-order chi connectivity index (χ0) is 13.8. The Morgan fingerprint density at radius 2 is 2.06 bits per heavy atom. The fourth-order valence-corrected chi connectivity index (χ4v) is 3.78. The maximum absolute atomic E-state index is 11.4. The van der Waals surface area contributed by atoms with Gasteiger partial charge in [-0.3, -0.25) is 0 Å². The van der Waals surface area contributed by atoms with Gasteiger partial charge in [0, 0.05) is 13.1 Å². The summed E-state index contributed by atoms with van der Waals surface area (Å²) >= 11 is 0. The standard InChI is InChI=1S/C14H28N2O2/c1-11-7-13(2,3)9-14(4,8-11)10-16-12(17)18-6-5-15/h11H,5-10,15H2,1-4H3,(H,16,17). The molecule has 4 nitrogen and oxygen atoms in total. The van der Waals surface area contributed by atoms with E-state index in [1.165, 1.54) is 6.42 Å². The average Bonchev–Trinajstić information content (AvgIpc) is 2.20. The van der Waals surface area contributed by atoms with Gasteiger partial charge in [-0.2, -0.15) is 0 Å². The number of hydrogen-bond donors (Lipinski definition) is 2. The second-order valence-electron chi connectivity index (χ2n) is 6.94. The zero-order valence-electron chi connectivity index (χ0n) is 12.2. The second-order valence-corrected chi connectivity index (χ2v) is 6.94. The second kappa shape index (κ2) is 5.91. The summed E-state index contributed by atoms with van der Waals surface area (Å²) in [6, 6.07) is 0. The van der Waals surface area contributed by atoms with Gasteiger partial charge in [0.05, 0.1) is 0 Å². The summed E-state index contributed by atoms with van der Waals surface area (Å²) in [5.41, 5.74) is 5.82. The highest BCUT2D eigenvalue weighted by molar-refractivity contribution is 5.67. The van der Waals surface area contributed by atoms with Gasteiger partial charge in [0.15, 0.2) is 0 Å². The van der Waals surface area contributed by atoms with Gasteiger partial charge in [-0.15, -0.1) is 0 Å². The molecule has 0 radical (unpaired) electrons. The Morgan fingerprint density at radius 3 is 2.61 bits per heavy atom. The van der Waals surface area contributed by atoms with E-state index in [0.717, 1.165) is 12.8 Å². The number of carbonyl (C=O) groups excluding carboxylic acids is 1. The Kier molecular flexibility index (Phi) is 5.02. The number of amides is 1. The first-order chi connectivity index (χ1) is 8.26. The van der Waals surface area contributed by atoms with Crippen molar-refractivity contribution in [3.8, 4) is 0 Å². The lowest BCUT2D eigenvalue weighted by molar-refractivity contribution is 0.0583. The SMILES string of the molecule is CC1CC(C)(C)CC(C)(CNC(=O)OCCN)C1. The topological polar surface area (TPSA) is 64.3 Å². The highest BCUT2D eigenvalue weighted by Crippen LogP contribution is 2.48. The first-order valence-electron chi connectivity index (χ1n) is 6.87. The summed E-state index contributed by atoms with van der Waals surface area (Å²) in [6.45, 7) is 10.5. The Balaban J connectivity index is 2.46. The van der Waals surface area contributed by atoms with Crippen LogP contribution in [0.4, 0.5) is 4.79 Å². The molecule has 18 heavy (non-hydrogen) atoms. The van der Waals surface area contributed by atoms with Crippen LogP contribution in [-0.4, -0.2) is 25.8 Å². The molecule has 2 unspecified atom stereocenters. The number of nitrogens with two attached hydrogens (primary N) is 1. The number of carbonyl (C=O) groups is 1. The van der Waals surface area contributed by atoms with E-state index in [1.54, 1.807) is 0 Å². The van der Waals surface area contributed by atoms with Gasteiger partial charge in [-0.05, 0) is 36.0 Å². The van der Waals surface area contributed by atoms with Crippen LogP contribution in [0.1, 0.15) is 47.0 Å². The predicted molar refractivity (Wildman–Crippen MR) is 73.3 cm³/mol. The summed E-state index contributed by atoms with van der Waals surface area (Å²) in [5, 5.41) is 2.87. The average molecular weight is 256 g/mol. The molecule has 0 spiro atoms. The van der Waals surface area contributed by atoms with Crippen molar-refractivity contribution in [2.45, 2.75) is 47.0 Å². The third kappa shape index (κ3) is 4.84. The molecule has 0 saturated heterocycles. The molecule has 0 bridgehead atoms. The minimum atomic E-state index is -0.349. The summed E-state index contributed by atoms with van der Waals surface area (Å²) < 4.78 is 4.93. The Hall–Kier alpha value is -0.770. The summed E-state index contributed by atoms with van der Waals surface area (Å²) in [6.07, 6.45) is 3.22. The molecule has 1 saturated carbocycles. The van der Waals surface area contributed by atoms with Crippen LogP contribution in [0.5, 0.6) is 0 Å². The van der Waals surface area contributed by atoms with E-state index < -0.39 is 0 Å². The van der Waals surface area contributed by atoms with Gasteiger partial charge in [0.2, 0.25) is 0 Å². The van der Waals surface area contributed by atoms with Crippen LogP contribution in [0.3, 0.4) is 0 Å². The van der Waals surface area contributed by atoms with Crippen molar-refractivity contribution in [2.75, 3.05) is 19.7 Å². The molecule has 0 aromatic carbocycles. The predicted octanol–water partition coefficient (Wildman–Crippen LogP) is 2.52. The number of ether oxygens (including phenoxy) is 1. The lowest BCUT2D eigenvalue weighted by Gasteiger charge is -2.45. The molecule has 1 amide bonds. The van der Waals surface area contributed by atoms with E-state index in [9.17, 15) is 4.79 Å². The van der Waals surface area contributed by atoms with Gasteiger partial charge in [0.1, 0.15) is 6.61 Å². The van der Waals surface area contributed by atoms with Crippen molar-refractivity contribution in [2.24, 2.45) is 22.5 Å². The van der Waals surface area contributed by atoms with Crippen LogP contribution in [0.2, 0.25) is 0 Å². The van der Waals surface area contributed by atoms with Crippen molar-refractivity contribution in [1.82, 2.24) is 5.32 Å². The largest absolute Gasteiger partial charge is 0.448 e. The first kappa shape index (κ1) is 15.3. The van der Waals surface area contributed by atoms with Crippen LogP contribution < -0.4 is 11.1 Å². The van der Waals surface area contributed by atoms with Gasteiger partial charge < -0.3 is 15.8 Å². The van der Waals surface area contributed by atoms with Crippen LogP contribution >= 0.6 is 0 Å². The lowest BCUT2D eigenvalue weighted by Crippen LogP contribution is -2.43. The molecule has 3 N–H and O–H groups in total. The van der Waals surface area contributed by atoms with Crippen molar-refractivity contribution >= 4 is 6.09 Å². The van der Waals surface area contributed by atoms with Gasteiger partial charge in [0.25, 0.3) is 0 Å². The smallest absolute Gasteiger partial charge is 0.407 e. The molecule has 4 heteroatoms. The minimum absolute atomic E-state index is 0.170. The quantitative estimate of drug-likeness (QED) is 0.812. The molecule has 1 aliphatic carbocycles. The van der Waals surface area contributed by atoms with E-state index in [2.05, 4.69) is 33.0 Å². The molecule has 2 atom stereocenters. The summed E-state index contributed by atoms with van der Waals surface area (Å²) in [4.78, 5) is 11.4. The molecule has 0 aliphatic heterocycles. The maximum Gasteiger partial charge on any atom is 0.407 e. The van der Waals surface area contributed by atoms with Crippen LogP contribution in [-0.2, 0) is 4.74 Å². The molecule has 1 aliphatic rings. The number of nitrogens with one attached hydrogen (secondary N) is 1. The minimum Gasteiger partial charge on any atom is -0.448 e. The molecule has 0 heterocycles. The molecule has 1 fully saturated rings. The molecule has 1 rings (SSSR count). The number of hydrogen-bond acceptors (Lipinski definition) is 3. The first-order valence-corrected chi connectivity index (χ1v) is 6.87. The lowest BCUT2D eigenvalue weighted by atomic mass is 9.61. The van der Waals surface area contributed by atoms with E-state index in [-0.39, 0.29) is 18.1 Å². The van der Waals surface area contributed by atoms with Crippen molar-refractivity contribution in [1.29, 1.82) is 0 Å². The van der Waals surface area contributed by atoms with Crippen molar-refractivity contribution < 1.29 is 9.53 Å². The Morgan fingerprint density at radius 1 is 1.39 bits per heavy atom. The normalized spacial score (nSPS) is 30.8. The highest BCUT2D eigenvalue weighted by atomic mass is 16.5. The third-order valence-electron chi connectivity index (χ3n) is 3.66. The Bertz CT molecular complexity index is 292. The highest BCUT2D eigenvalue weighted by Gasteiger charge is 2.39.